The summed E-state index contributed by atoms with van der Waals surface area (Å²) in [5, 5.41) is 0. The van der Waals surface area contributed by atoms with Crippen molar-refractivity contribution >= 4 is 11.6 Å². The van der Waals surface area contributed by atoms with Crippen LogP contribution < -0.4 is 0 Å². The van der Waals surface area contributed by atoms with Crippen LogP contribution in [0.1, 0.15) is 27.7 Å². The van der Waals surface area contributed by atoms with Crippen molar-refractivity contribution in [2.45, 2.75) is 39.9 Å². The molecule has 2 atom stereocenters. The van der Waals surface area contributed by atoms with E-state index in [0.29, 0.717) is 11.5 Å². The molecule has 17 heavy (non-hydrogen) atoms. The molecule has 0 saturated carbocycles. The summed E-state index contributed by atoms with van der Waals surface area (Å²) in [6.45, 7) is 6.55. The Morgan fingerprint density at radius 3 is 1.47 bits per heavy atom. The molecule has 0 aliphatic carbocycles. The molecule has 0 N–H and O–H groups in total. The number of hydrogen-bond donors (Lipinski definition) is 0. The largest absolute Gasteiger partial charge is 0.483 e. The van der Waals surface area contributed by atoms with Gasteiger partial charge in [-0.1, -0.05) is 0 Å². The lowest BCUT2D eigenvalue weighted by atomic mass is 10.2. The van der Waals surface area contributed by atoms with Crippen LogP contribution in [0.15, 0.2) is 23.0 Å². The highest BCUT2D eigenvalue weighted by Gasteiger charge is 2.37. The maximum absolute atomic E-state index is 11.7. The molecule has 2 heterocycles. The number of ketones is 2. The van der Waals surface area contributed by atoms with Gasteiger partial charge < -0.3 is 14.2 Å². The van der Waals surface area contributed by atoms with Gasteiger partial charge in [0.2, 0.25) is 23.1 Å². The Hall–Kier alpha value is -1.78. The lowest BCUT2D eigenvalue weighted by Gasteiger charge is -2.04. The van der Waals surface area contributed by atoms with Crippen LogP contribution in [-0.4, -0.2) is 23.8 Å². The summed E-state index contributed by atoms with van der Waals surface area (Å²) in [6.07, 6.45) is -1.11. The van der Waals surface area contributed by atoms with E-state index in [0.717, 1.165) is 0 Å². The summed E-state index contributed by atoms with van der Waals surface area (Å²) in [7, 11) is 0. The fraction of sp³-hybridized carbons (Fsp3) is 0.500. The van der Waals surface area contributed by atoms with Gasteiger partial charge in [0.1, 0.15) is 11.5 Å². The molecule has 2 unspecified atom stereocenters. The maximum atomic E-state index is 11.7. The van der Waals surface area contributed by atoms with E-state index < -0.39 is 12.2 Å². The highest BCUT2D eigenvalue weighted by molar-refractivity contribution is 6.02. The highest BCUT2D eigenvalue weighted by atomic mass is 16.6. The van der Waals surface area contributed by atoms with Crippen molar-refractivity contribution in [2.75, 3.05) is 0 Å². The first kappa shape index (κ1) is 11.7. The van der Waals surface area contributed by atoms with Gasteiger partial charge >= 0.3 is 0 Å². The molecule has 0 fully saturated rings. The Kier molecular flexibility index (Phi) is 2.69. The fourth-order valence-electron chi connectivity index (χ4n) is 1.81. The molecule has 0 aromatic carbocycles. The highest BCUT2D eigenvalue weighted by Crippen LogP contribution is 2.29. The average Bonchev–Trinajstić information content (AvgIpc) is 2.62. The minimum absolute atomic E-state index is 0.0953. The first-order chi connectivity index (χ1) is 7.91. The molecule has 2 aliphatic rings. The standard InChI is InChI=1S/C12H14O5/c1-5-9(13)11(7(3)15-5)17-12-8(4)16-6(2)10(12)14/h5-6H,1-4H3. The van der Waals surface area contributed by atoms with Gasteiger partial charge in [0.05, 0.1) is 0 Å². The maximum Gasteiger partial charge on any atom is 0.241 e. The summed E-state index contributed by atoms with van der Waals surface area (Å²) >= 11 is 0. The summed E-state index contributed by atoms with van der Waals surface area (Å²) in [6, 6.07) is 0. The van der Waals surface area contributed by atoms with Crippen molar-refractivity contribution in [3.8, 4) is 0 Å². The quantitative estimate of drug-likeness (QED) is 0.728. The molecule has 2 rings (SSSR count). The average molecular weight is 238 g/mol. The van der Waals surface area contributed by atoms with Crippen LogP contribution in [0, 0.1) is 0 Å². The number of carbonyl (C=O) groups is 2. The molecular weight excluding hydrogens is 224 g/mol. The van der Waals surface area contributed by atoms with Gasteiger partial charge in [-0.15, -0.1) is 0 Å². The minimum atomic E-state index is -0.555. The molecule has 5 heteroatoms. The second kappa shape index (κ2) is 3.91. The Bertz CT molecular complexity index is 416. The van der Waals surface area contributed by atoms with E-state index >= 15 is 0 Å². The van der Waals surface area contributed by atoms with Crippen molar-refractivity contribution in [1.82, 2.24) is 0 Å². The van der Waals surface area contributed by atoms with Gasteiger partial charge in [0, 0.05) is 0 Å². The first-order valence-corrected chi connectivity index (χ1v) is 5.43. The third-order valence-corrected chi connectivity index (χ3v) is 2.74. The lowest BCUT2D eigenvalue weighted by Crippen LogP contribution is -2.18. The van der Waals surface area contributed by atoms with E-state index in [1.54, 1.807) is 27.7 Å². The number of Topliss-reactive ketones (excluding diaryl/α,β-unsaturated/α-hetero) is 2. The predicted octanol–water partition coefficient (Wildman–Crippen LogP) is 1.44. The molecule has 0 saturated heterocycles. The number of rotatable bonds is 2. The normalized spacial score (nSPS) is 28.7. The van der Waals surface area contributed by atoms with Crippen LogP contribution in [0.2, 0.25) is 0 Å². The Morgan fingerprint density at radius 2 is 1.24 bits per heavy atom. The van der Waals surface area contributed by atoms with Crippen molar-refractivity contribution < 1.29 is 23.8 Å². The molecule has 0 bridgehead atoms. The molecule has 2 aliphatic heterocycles. The van der Waals surface area contributed by atoms with E-state index in [4.69, 9.17) is 14.2 Å². The lowest BCUT2D eigenvalue weighted by molar-refractivity contribution is -0.124. The zero-order valence-electron chi connectivity index (χ0n) is 10.2. The second-order valence-corrected chi connectivity index (χ2v) is 4.12. The third kappa shape index (κ3) is 1.81. The second-order valence-electron chi connectivity index (χ2n) is 4.12. The fourth-order valence-corrected chi connectivity index (χ4v) is 1.81. The molecule has 92 valence electrons. The predicted molar refractivity (Wildman–Crippen MR) is 57.6 cm³/mol. The molecule has 0 aromatic heterocycles. The first-order valence-electron chi connectivity index (χ1n) is 5.43. The van der Waals surface area contributed by atoms with Crippen molar-refractivity contribution in [3.05, 3.63) is 23.0 Å². The van der Waals surface area contributed by atoms with E-state index in [1.807, 2.05) is 0 Å². The zero-order valence-corrected chi connectivity index (χ0v) is 10.2. The van der Waals surface area contributed by atoms with Gasteiger partial charge in [-0.3, -0.25) is 9.59 Å². The van der Waals surface area contributed by atoms with Crippen LogP contribution in [0.25, 0.3) is 0 Å². The van der Waals surface area contributed by atoms with Gasteiger partial charge in [-0.05, 0) is 27.7 Å². The van der Waals surface area contributed by atoms with E-state index in [-0.39, 0.29) is 23.1 Å². The molecular formula is C12H14O5. The van der Waals surface area contributed by atoms with Crippen LogP contribution >= 0.6 is 0 Å². The topological polar surface area (TPSA) is 61.8 Å². The van der Waals surface area contributed by atoms with Crippen molar-refractivity contribution in [3.63, 3.8) is 0 Å². The van der Waals surface area contributed by atoms with Crippen molar-refractivity contribution in [2.24, 2.45) is 0 Å². The number of hydrogen-bond acceptors (Lipinski definition) is 5. The van der Waals surface area contributed by atoms with Gasteiger partial charge in [-0.25, -0.2) is 0 Å². The van der Waals surface area contributed by atoms with Gasteiger partial charge in [0.25, 0.3) is 0 Å². The third-order valence-electron chi connectivity index (χ3n) is 2.74. The van der Waals surface area contributed by atoms with Crippen LogP contribution in [0.3, 0.4) is 0 Å². The number of ether oxygens (including phenoxy) is 3. The van der Waals surface area contributed by atoms with Crippen molar-refractivity contribution in [1.29, 1.82) is 0 Å². The van der Waals surface area contributed by atoms with Gasteiger partial charge in [0.15, 0.2) is 12.2 Å². The smallest absolute Gasteiger partial charge is 0.241 e. The molecule has 0 aromatic rings. The Labute approximate surface area is 99.0 Å². The van der Waals surface area contributed by atoms with E-state index in [9.17, 15) is 9.59 Å². The summed E-state index contributed by atoms with van der Waals surface area (Å²) < 4.78 is 15.8. The SMILES string of the molecule is CC1=C(OC2=C(C)OC(C)C2=O)C(=O)C(C)O1. The zero-order chi connectivity index (χ0) is 12.7. The summed E-state index contributed by atoms with van der Waals surface area (Å²) in [5.41, 5.74) is 0. The van der Waals surface area contributed by atoms with E-state index in [2.05, 4.69) is 0 Å². The van der Waals surface area contributed by atoms with Crippen LogP contribution in [0.4, 0.5) is 0 Å². The van der Waals surface area contributed by atoms with Crippen LogP contribution in [-0.2, 0) is 23.8 Å². The molecule has 0 amide bonds. The van der Waals surface area contributed by atoms with Crippen LogP contribution in [0.5, 0.6) is 0 Å². The summed E-state index contributed by atoms with van der Waals surface area (Å²) in [4.78, 5) is 23.4. The van der Waals surface area contributed by atoms with E-state index in [1.165, 1.54) is 0 Å². The summed E-state index contributed by atoms with van der Waals surface area (Å²) in [5.74, 6) is 0.478. The number of allylic oxidation sites excluding steroid dienone is 2. The Morgan fingerprint density at radius 1 is 0.882 bits per heavy atom. The molecule has 5 nitrogen and oxygen atoms in total. The monoisotopic (exact) mass is 238 g/mol. The molecule has 0 radical (unpaired) electrons. The molecule has 0 spiro atoms. The number of carbonyl (C=O) groups excluding carboxylic acids is 2. The minimum Gasteiger partial charge on any atom is -0.483 e. The Balaban J connectivity index is 2.24. The van der Waals surface area contributed by atoms with Gasteiger partial charge in [-0.2, -0.15) is 0 Å².